The van der Waals surface area contributed by atoms with Gasteiger partial charge >= 0.3 is 5.97 Å². The van der Waals surface area contributed by atoms with Crippen molar-refractivity contribution in [3.8, 4) is 0 Å². The number of fused-ring (bicyclic) bond motifs is 1. The summed E-state index contributed by atoms with van der Waals surface area (Å²) in [5.74, 6) is -1.19. The van der Waals surface area contributed by atoms with E-state index in [1.807, 2.05) is 31.2 Å². The van der Waals surface area contributed by atoms with Gasteiger partial charge in [-0.15, -0.1) is 11.3 Å². The van der Waals surface area contributed by atoms with Crippen LogP contribution in [0.25, 0.3) is 0 Å². The molecule has 0 saturated heterocycles. The molecule has 7 heteroatoms. The molecule has 1 fully saturated rings. The molecule has 1 saturated carbocycles. The van der Waals surface area contributed by atoms with Crippen LogP contribution >= 0.6 is 11.3 Å². The van der Waals surface area contributed by atoms with Gasteiger partial charge in [0.1, 0.15) is 5.00 Å². The Morgan fingerprint density at radius 3 is 2.57 bits per heavy atom. The summed E-state index contributed by atoms with van der Waals surface area (Å²) >= 11 is 1.30. The fraction of sp³-hybridized carbons (Fsp3) is 0.435. The van der Waals surface area contributed by atoms with Crippen LogP contribution in [-0.2, 0) is 17.8 Å². The number of carbonyl (C=O) groups excluding carboxylic acids is 2. The summed E-state index contributed by atoms with van der Waals surface area (Å²) in [4.78, 5) is 40.3. The van der Waals surface area contributed by atoms with Gasteiger partial charge in [0.15, 0.2) is 0 Å². The summed E-state index contributed by atoms with van der Waals surface area (Å²) in [5, 5.41) is 13.1. The number of anilines is 1. The zero-order valence-corrected chi connectivity index (χ0v) is 17.9. The lowest BCUT2D eigenvalue weighted by atomic mass is 9.88. The fourth-order valence-electron chi connectivity index (χ4n) is 4.45. The highest BCUT2D eigenvalue weighted by atomic mass is 32.1. The van der Waals surface area contributed by atoms with Crippen LogP contribution < -0.4 is 5.32 Å². The number of aryl methyl sites for hydroxylation is 1. The normalized spacial score (nSPS) is 16.8. The van der Waals surface area contributed by atoms with Crippen molar-refractivity contribution in [1.29, 1.82) is 0 Å². The van der Waals surface area contributed by atoms with Crippen LogP contribution in [0.1, 0.15) is 68.8 Å². The van der Waals surface area contributed by atoms with Crippen LogP contribution in [0, 0.1) is 12.8 Å². The van der Waals surface area contributed by atoms with E-state index in [0.29, 0.717) is 30.1 Å². The van der Waals surface area contributed by atoms with Gasteiger partial charge in [-0.3, -0.25) is 9.59 Å². The number of amides is 2. The number of hydrogen-bond acceptors (Lipinski definition) is 4. The average molecular weight is 427 g/mol. The van der Waals surface area contributed by atoms with Crippen molar-refractivity contribution in [2.24, 2.45) is 5.92 Å². The van der Waals surface area contributed by atoms with Crippen molar-refractivity contribution >= 4 is 34.1 Å². The predicted octanol–water partition coefficient (Wildman–Crippen LogP) is 4.47. The third kappa shape index (κ3) is 3.99. The first-order valence-electron chi connectivity index (χ1n) is 10.5. The minimum atomic E-state index is -1.02. The molecule has 4 rings (SSSR count). The molecule has 1 aromatic carbocycles. The van der Waals surface area contributed by atoms with E-state index in [2.05, 4.69) is 5.32 Å². The molecular formula is C23H26N2O4S. The molecule has 1 aromatic heterocycles. The summed E-state index contributed by atoms with van der Waals surface area (Å²) < 4.78 is 0. The molecule has 0 atom stereocenters. The maximum atomic E-state index is 13.0. The number of benzene rings is 1. The maximum Gasteiger partial charge on any atom is 0.339 e. The number of aromatic carboxylic acids is 1. The number of carbonyl (C=O) groups is 3. The topological polar surface area (TPSA) is 86.7 Å². The Labute approximate surface area is 179 Å². The lowest BCUT2D eigenvalue weighted by Gasteiger charge is -2.27. The van der Waals surface area contributed by atoms with Gasteiger partial charge in [-0.05, 0) is 43.4 Å². The van der Waals surface area contributed by atoms with Crippen molar-refractivity contribution in [1.82, 2.24) is 4.90 Å². The molecule has 2 heterocycles. The number of rotatable bonds is 4. The molecule has 30 heavy (non-hydrogen) atoms. The maximum absolute atomic E-state index is 13.0. The highest BCUT2D eigenvalue weighted by molar-refractivity contribution is 7.17. The molecule has 1 aliphatic heterocycles. The van der Waals surface area contributed by atoms with Gasteiger partial charge in [-0.25, -0.2) is 4.79 Å². The van der Waals surface area contributed by atoms with Crippen LogP contribution in [0.2, 0.25) is 0 Å². The van der Waals surface area contributed by atoms with Crippen molar-refractivity contribution < 1.29 is 19.5 Å². The first-order chi connectivity index (χ1) is 14.5. The summed E-state index contributed by atoms with van der Waals surface area (Å²) in [6.45, 7) is 2.75. The minimum absolute atomic E-state index is 0.0429. The second-order valence-electron chi connectivity index (χ2n) is 8.13. The first kappa shape index (κ1) is 20.6. The van der Waals surface area contributed by atoms with E-state index < -0.39 is 5.97 Å². The second kappa shape index (κ2) is 8.60. The Hall–Kier alpha value is -2.67. The van der Waals surface area contributed by atoms with E-state index in [9.17, 15) is 19.5 Å². The van der Waals surface area contributed by atoms with Crippen molar-refractivity contribution in [2.45, 2.75) is 52.0 Å². The Bertz CT molecular complexity index is 991. The van der Waals surface area contributed by atoms with Crippen LogP contribution in [0.3, 0.4) is 0 Å². The standard InChI is InChI=1S/C23H26N2O4S/c1-14-7-5-6-10-16(14)22(27)25-12-11-17-18(13-25)30-21(19(17)23(28)29)24-20(26)15-8-3-2-4-9-15/h5-7,10,15H,2-4,8-9,11-13H2,1H3,(H,24,26)(H,28,29). The summed E-state index contributed by atoms with van der Waals surface area (Å²) in [6, 6.07) is 7.48. The minimum Gasteiger partial charge on any atom is -0.478 e. The molecule has 2 amide bonds. The Kier molecular flexibility index (Phi) is 5.90. The highest BCUT2D eigenvalue weighted by Gasteiger charge is 2.32. The fourth-order valence-corrected chi connectivity index (χ4v) is 5.71. The molecule has 158 valence electrons. The van der Waals surface area contributed by atoms with E-state index in [4.69, 9.17) is 0 Å². The monoisotopic (exact) mass is 426 g/mol. The Morgan fingerprint density at radius 1 is 1.13 bits per heavy atom. The Balaban J connectivity index is 1.56. The van der Waals surface area contributed by atoms with Crippen LogP contribution in [0.4, 0.5) is 5.00 Å². The zero-order valence-electron chi connectivity index (χ0n) is 17.1. The van der Waals surface area contributed by atoms with Gasteiger partial charge in [0.05, 0.1) is 12.1 Å². The first-order valence-corrected chi connectivity index (χ1v) is 11.3. The molecule has 0 unspecified atom stereocenters. The SMILES string of the molecule is Cc1ccccc1C(=O)N1CCc2c(sc(NC(=O)C3CCCCC3)c2C(=O)O)C1. The van der Waals surface area contributed by atoms with Crippen LogP contribution in [-0.4, -0.2) is 34.3 Å². The van der Waals surface area contributed by atoms with E-state index in [-0.39, 0.29) is 23.3 Å². The van der Waals surface area contributed by atoms with E-state index in [1.54, 1.807) is 4.90 Å². The van der Waals surface area contributed by atoms with Gasteiger partial charge in [0.2, 0.25) is 5.91 Å². The van der Waals surface area contributed by atoms with Crippen LogP contribution in [0.15, 0.2) is 24.3 Å². The number of thiophene rings is 1. The molecule has 0 bridgehead atoms. The number of nitrogens with zero attached hydrogens (tertiary/aromatic N) is 1. The lowest BCUT2D eigenvalue weighted by Crippen LogP contribution is -2.36. The van der Waals surface area contributed by atoms with Gasteiger partial charge in [-0.2, -0.15) is 0 Å². The van der Waals surface area contributed by atoms with Gasteiger partial charge < -0.3 is 15.3 Å². The van der Waals surface area contributed by atoms with E-state index in [1.165, 1.54) is 11.3 Å². The van der Waals surface area contributed by atoms with Gasteiger partial charge in [0.25, 0.3) is 5.91 Å². The largest absolute Gasteiger partial charge is 0.478 e. The summed E-state index contributed by atoms with van der Waals surface area (Å²) in [6.07, 6.45) is 5.43. The zero-order chi connectivity index (χ0) is 21.3. The second-order valence-corrected chi connectivity index (χ2v) is 9.23. The molecule has 6 nitrogen and oxygen atoms in total. The Morgan fingerprint density at radius 2 is 1.87 bits per heavy atom. The molecular weight excluding hydrogens is 400 g/mol. The molecule has 0 spiro atoms. The van der Waals surface area contributed by atoms with Crippen molar-refractivity contribution in [3.05, 3.63) is 51.4 Å². The smallest absolute Gasteiger partial charge is 0.339 e. The average Bonchev–Trinajstić information content (AvgIpc) is 3.11. The van der Waals surface area contributed by atoms with E-state index >= 15 is 0 Å². The molecule has 2 N–H and O–H groups in total. The molecule has 2 aromatic rings. The molecule has 1 aliphatic carbocycles. The highest BCUT2D eigenvalue weighted by Crippen LogP contribution is 2.38. The predicted molar refractivity (Wildman–Crippen MR) is 116 cm³/mol. The summed E-state index contributed by atoms with van der Waals surface area (Å²) in [5.41, 5.74) is 2.54. The van der Waals surface area contributed by atoms with Crippen LogP contribution in [0.5, 0.6) is 0 Å². The quantitative estimate of drug-likeness (QED) is 0.755. The van der Waals surface area contributed by atoms with Gasteiger partial charge in [-0.1, -0.05) is 37.5 Å². The number of carboxylic acids is 1. The molecule has 2 aliphatic rings. The van der Waals surface area contributed by atoms with Crippen molar-refractivity contribution in [2.75, 3.05) is 11.9 Å². The molecule has 0 radical (unpaired) electrons. The van der Waals surface area contributed by atoms with E-state index in [0.717, 1.165) is 48.1 Å². The number of hydrogen-bond donors (Lipinski definition) is 2. The lowest BCUT2D eigenvalue weighted by molar-refractivity contribution is -0.120. The van der Waals surface area contributed by atoms with Crippen molar-refractivity contribution in [3.63, 3.8) is 0 Å². The number of nitrogens with one attached hydrogen (secondary N) is 1. The number of carboxylic acid groups (broad SMARTS) is 1. The third-order valence-corrected chi connectivity index (χ3v) is 7.28. The summed E-state index contributed by atoms with van der Waals surface area (Å²) in [7, 11) is 0. The van der Waals surface area contributed by atoms with Gasteiger partial charge in [0, 0.05) is 22.9 Å². The third-order valence-electron chi connectivity index (χ3n) is 6.15.